The number of aliphatic hydroxyl groups is 2. The zero-order valence-electron chi connectivity index (χ0n) is 30.8. The third-order valence-corrected chi connectivity index (χ3v) is 11.7. The fourth-order valence-corrected chi connectivity index (χ4v) is 8.99. The molecule has 0 amide bonds. The smallest absolute Gasteiger partial charge is 0.345 e. The number of ether oxygens (including phenoxy) is 3. The molecule has 0 spiro atoms. The number of esters is 3. The van der Waals surface area contributed by atoms with Gasteiger partial charge in [-0.3, -0.25) is 24.0 Å². The Morgan fingerprint density at radius 3 is 2.21 bits per heavy atom. The highest BCUT2D eigenvalue weighted by atomic mass is 19.1. The molecule has 310 valence electrons. The number of unbranched alkanes of at least 4 members (excludes halogenated alkanes) is 2. The number of nitrogens with zero attached hydrogens (tertiary/aromatic N) is 2. The Morgan fingerprint density at radius 1 is 0.929 bits per heavy atom. The summed E-state index contributed by atoms with van der Waals surface area (Å²) < 4.78 is 33.4. The number of allylic oxidation sites excluding steroid dienone is 4. The van der Waals surface area contributed by atoms with Gasteiger partial charge in [0.1, 0.15) is 6.10 Å². The molecule has 0 heterocycles. The fourth-order valence-electron chi connectivity index (χ4n) is 8.99. The van der Waals surface area contributed by atoms with Gasteiger partial charge in [0.05, 0.1) is 25.7 Å². The number of Topliss-reactive ketones (excluding diaryl/α,β-unsaturated/α-hetero) is 1. The van der Waals surface area contributed by atoms with Crippen LogP contribution in [0.25, 0.3) is 0 Å². The van der Waals surface area contributed by atoms with Crippen molar-refractivity contribution in [3.8, 4) is 0 Å². The van der Waals surface area contributed by atoms with Gasteiger partial charge in [-0.05, 0) is 57.4 Å². The Hall–Kier alpha value is -5.05. The van der Waals surface area contributed by atoms with Crippen LogP contribution in [0.2, 0.25) is 0 Å². The molecule has 0 saturated heterocycles. The normalized spacial score (nSPS) is 32.0. The van der Waals surface area contributed by atoms with Gasteiger partial charge >= 0.3 is 23.9 Å². The predicted octanol–water partition coefficient (Wildman–Crippen LogP) is 1.87. The summed E-state index contributed by atoms with van der Waals surface area (Å²) in [6.45, 7) is 1.03. The number of carbonyl (C=O) groups is 6. The van der Waals surface area contributed by atoms with Gasteiger partial charge in [-0.1, -0.05) is 31.1 Å². The Bertz CT molecular complexity index is 1670. The summed E-state index contributed by atoms with van der Waals surface area (Å²) in [6.07, 6.45) is -3.82. The number of alkyl halides is 1. The molecule has 56 heavy (non-hydrogen) atoms. The van der Waals surface area contributed by atoms with Crippen molar-refractivity contribution < 1.29 is 82.5 Å². The lowest BCUT2D eigenvalue weighted by Crippen LogP contribution is -2.70. The molecule has 2 fully saturated rings. The SMILES string of the molecule is C[C@]12C=CC(=O)CC1=CCC1C3C[C@@H](O)[C@](OC(=O)CCCO[N+](=O)[O-])(C(=O)COC(=O)CC(OC(=O)CCCCCO[N+](=O)[O-])C(=O)O)[C@@]3(C)C[C@H](O)[C@@]12F. The van der Waals surface area contributed by atoms with Gasteiger partial charge < -0.3 is 39.2 Å². The quantitative estimate of drug-likeness (QED) is 0.0395. The third kappa shape index (κ3) is 8.52. The molecule has 3 N–H and O–H groups in total. The van der Waals surface area contributed by atoms with E-state index in [-0.39, 0.29) is 57.3 Å². The van der Waals surface area contributed by atoms with Gasteiger partial charge in [-0.15, -0.1) is 20.2 Å². The van der Waals surface area contributed by atoms with Gasteiger partial charge in [0.25, 0.3) is 10.2 Å². The van der Waals surface area contributed by atoms with Crippen LogP contribution in [0.1, 0.15) is 84.5 Å². The van der Waals surface area contributed by atoms with Gasteiger partial charge in [-0.2, -0.15) is 0 Å². The monoisotopic (exact) mass is 800 g/mol. The van der Waals surface area contributed by atoms with Crippen LogP contribution in [-0.2, 0) is 52.7 Å². The van der Waals surface area contributed by atoms with Gasteiger partial charge in [0.2, 0.25) is 17.5 Å². The number of hydrogen-bond acceptors (Lipinski definition) is 17. The summed E-state index contributed by atoms with van der Waals surface area (Å²) >= 11 is 0. The van der Waals surface area contributed by atoms with Crippen molar-refractivity contribution in [3.63, 3.8) is 0 Å². The van der Waals surface area contributed by atoms with Crippen molar-refractivity contribution in [3.05, 3.63) is 44.0 Å². The molecule has 20 nitrogen and oxygen atoms in total. The maximum atomic E-state index is 17.7. The predicted molar refractivity (Wildman–Crippen MR) is 180 cm³/mol. The molecule has 0 radical (unpaired) electrons. The first-order valence-electron chi connectivity index (χ1n) is 18.1. The van der Waals surface area contributed by atoms with E-state index in [2.05, 4.69) is 9.68 Å². The van der Waals surface area contributed by atoms with E-state index in [1.807, 2.05) is 0 Å². The molecule has 4 aliphatic rings. The van der Waals surface area contributed by atoms with Crippen LogP contribution in [0.4, 0.5) is 4.39 Å². The second kappa shape index (κ2) is 17.4. The molecule has 0 aliphatic heterocycles. The number of aliphatic hydroxyl groups excluding tert-OH is 2. The topological polar surface area (TPSA) is 296 Å². The minimum Gasteiger partial charge on any atom is -0.478 e. The highest BCUT2D eigenvalue weighted by molar-refractivity contribution is 5.95. The molecule has 0 aromatic heterocycles. The standard InChI is InChI=1S/C35H45FN2O18/c1-32-12-11-21(39)15-20(32)9-10-22-23-16-25(40)35(33(23,2)18-26(41)34(22,32)36,56-29(44)8-6-14-54-38(50)51)27(42)19-52-30(45)17-24(31(46)47)55-28(43)7-4-3-5-13-53-37(48)49/h9,11-12,22-26,40-41H,3-8,10,13-19H2,1-2H3,(H,46,47)/t22?,23?,24?,25-,26+,32+,33+,34+,35+/m1/s1. The minimum absolute atomic E-state index is 0.0106. The van der Waals surface area contributed by atoms with E-state index in [9.17, 15) is 64.3 Å². The van der Waals surface area contributed by atoms with E-state index in [0.29, 0.717) is 12.0 Å². The highest BCUT2D eigenvalue weighted by Gasteiger charge is 2.78. The number of ketones is 2. The van der Waals surface area contributed by atoms with E-state index in [4.69, 9.17) is 14.2 Å². The Labute approximate surface area is 318 Å². The van der Waals surface area contributed by atoms with E-state index in [0.717, 1.165) is 0 Å². The van der Waals surface area contributed by atoms with Crippen molar-refractivity contribution >= 4 is 35.4 Å². The van der Waals surface area contributed by atoms with Gasteiger partial charge in [-0.25, -0.2) is 9.18 Å². The lowest BCUT2D eigenvalue weighted by Gasteiger charge is -2.62. The van der Waals surface area contributed by atoms with Crippen molar-refractivity contribution in [2.45, 2.75) is 114 Å². The van der Waals surface area contributed by atoms with Crippen molar-refractivity contribution in [2.24, 2.45) is 22.7 Å². The van der Waals surface area contributed by atoms with Crippen LogP contribution < -0.4 is 0 Å². The molecule has 21 heteroatoms. The molecule has 4 rings (SSSR count). The van der Waals surface area contributed by atoms with Crippen molar-refractivity contribution in [1.82, 2.24) is 0 Å². The lowest BCUT2D eigenvalue weighted by atomic mass is 9.45. The average Bonchev–Trinajstić information content (AvgIpc) is 3.33. The summed E-state index contributed by atoms with van der Waals surface area (Å²) in [6, 6.07) is 0. The molecule has 4 aliphatic carbocycles. The van der Waals surface area contributed by atoms with E-state index in [1.165, 1.54) is 19.1 Å². The number of halogens is 1. The molecule has 2 saturated carbocycles. The van der Waals surface area contributed by atoms with Crippen molar-refractivity contribution in [1.29, 1.82) is 0 Å². The first-order valence-corrected chi connectivity index (χ1v) is 18.1. The number of carbonyl (C=O) groups excluding carboxylic acids is 5. The summed E-state index contributed by atoms with van der Waals surface area (Å²) in [5.41, 5.74) is -7.66. The highest BCUT2D eigenvalue weighted by Crippen LogP contribution is 2.70. The lowest BCUT2D eigenvalue weighted by molar-refractivity contribution is -0.757. The van der Waals surface area contributed by atoms with E-state index < -0.39 is 125 Å². The zero-order valence-corrected chi connectivity index (χ0v) is 30.8. The van der Waals surface area contributed by atoms with Crippen LogP contribution in [0.3, 0.4) is 0 Å². The molecule has 0 aromatic carbocycles. The summed E-state index contributed by atoms with van der Waals surface area (Å²) in [7, 11) is 0. The number of aliphatic carboxylic acids is 1. The summed E-state index contributed by atoms with van der Waals surface area (Å²) in [5, 5.41) is 51.7. The molecule has 0 aromatic rings. The van der Waals surface area contributed by atoms with Gasteiger partial charge in [0, 0.05) is 36.0 Å². The first-order chi connectivity index (χ1) is 26.2. The van der Waals surface area contributed by atoms with Crippen LogP contribution in [0, 0.1) is 42.9 Å². The summed E-state index contributed by atoms with van der Waals surface area (Å²) in [4.78, 5) is 106. The number of fused-ring (bicyclic) bond motifs is 5. The average molecular weight is 801 g/mol. The first kappa shape index (κ1) is 43.7. The molecule has 9 atom stereocenters. The Balaban J connectivity index is 1.54. The Morgan fingerprint density at radius 2 is 1.57 bits per heavy atom. The van der Waals surface area contributed by atoms with E-state index in [1.54, 1.807) is 13.0 Å². The molecular weight excluding hydrogens is 755 g/mol. The van der Waals surface area contributed by atoms with Crippen LogP contribution in [-0.4, -0.2) is 110 Å². The zero-order chi connectivity index (χ0) is 41.6. The molecule has 3 unspecified atom stereocenters. The van der Waals surface area contributed by atoms with Crippen LogP contribution in [0.15, 0.2) is 23.8 Å². The van der Waals surface area contributed by atoms with Crippen LogP contribution in [0.5, 0.6) is 0 Å². The van der Waals surface area contributed by atoms with Crippen molar-refractivity contribution in [2.75, 3.05) is 19.8 Å². The Kier molecular flexibility index (Phi) is 13.6. The number of carboxylic acids is 1. The fraction of sp³-hybridized carbons (Fsp3) is 0.714. The largest absolute Gasteiger partial charge is 0.478 e. The summed E-state index contributed by atoms with van der Waals surface area (Å²) in [5.74, 6) is -8.67. The van der Waals surface area contributed by atoms with Crippen LogP contribution >= 0.6 is 0 Å². The minimum atomic E-state index is -2.58. The number of hydrogen-bond donors (Lipinski definition) is 3. The third-order valence-electron chi connectivity index (χ3n) is 11.7. The molecular formula is C35H45FN2O18. The maximum absolute atomic E-state index is 17.7. The van der Waals surface area contributed by atoms with E-state index >= 15 is 4.39 Å². The maximum Gasteiger partial charge on any atom is 0.345 e. The molecule has 0 bridgehead atoms. The van der Waals surface area contributed by atoms with Gasteiger partial charge in [0.15, 0.2) is 18.1 Å². The second-order valence-electron chi connectivity index (χ2n) is 14.9. The number of carboxylic acid groups (broad SMARTS) is 1. The number of rotatable bonds is 20. The second-order valence-corrected chi connectivity index (χ2v) is 14.9.